The SMILES string of the molecule is CCCC(CC)NC(=O)c1ccc(C)c(C#CCO)c1. The number of hydrogen-bond acceptors (Lipinski definition) is 2. The minimum atomic E-state index is -0.176. The average Bonchev–Trinajstić information content (AvgIpc) is 2.45. The number of nitrogens with one attached hydrogen (secondary N) is 1. The maximum Gasteiger partial charge on any atom is 0.251 e. The van der Waals surface area contributed by atoms with Crippen LogP contribution in [-0.2, 0) is 0 Å². The van der Waals surface area contributed by atoms with Crippen LogP contribution in [0.15, 0.2) is 18.2 Å². The van der Waals surface area contributed by atoms with Crippen molar-refractivity contribution in [2.75, 3.05) is 6.61 Å². The van der Waals surface area contributed by atoms with E-state index in [4.69, 9.17) is 5.11 Å². The number of carbonyl (C=O) groups excluding carboxylic acids is 1. The molecule has 0 aromatic heterocycles. The van der Waals surface area contributed by atoms with Crippen molar-refractivity contribution in [3.8, 4) is 11.8 Å². The van der Waals surface area contributed by atoms with Crippen LogP contribution in [0.5, 0.6) is 0 Å². The minimum Gasteiger partial charge on any atom is -0.384 e. The summed E-state index contributed by atoms with van der Waals surface area (Å²) in [4.78, 5) is 12.2. The standard InChI is InChI=1S/C17H23NO2/c1-4-7-16(5-2)18-17(20)15-10-9-13(3)14(12-15)8-6-11-19/h9-10,12,16,19H,4-5,7,11H2,1-3H3,(H,18,20). The summed E-state index contributed by atoms with van der Waals surface area (Å²) in [6.45, 7) is 5.95. The third-order valence-corrected chi connectivity index (χ3v) is 3.27. The summed E-state index contributed by atoms with van der Waals surface area (Å²) in [6.07, 6.45) is 2.98. The number of benzene rings is 1. The van der Waals surface area contributed by atoms with Crippen LogP contribution in [0, 0.1) is 18.8 Å². The van der Waals surface area contributed by atoms with Gasteiger partial charge in [-0.1, -0.05) is 38.2 Å². The van der Waals surface area contributed by atoms with E-state index >= 15 is 0 Å². The molecule has 0 bridgehead atoms. The predicted octanol–water partition coefficient (Wildman–Crippen LogP) is 2.65. The lowest BCUT2D eigenvalue weighted by Gasteiger charge is -2.16. The Hall–Kier alpha value is -1.79. The summed E-state index contributed by atoms with van der Waals surface area (Å²) in [7, 11) is 0. The van der Waals surface area contributed by atoms with Crippen LogP contribution in [0.3, 0.4) is 0 Å². The van der Waals surface area contributed by atoms with Crippen molar-refractivity contribution in [2.24, 2.45) is 0 Å². The molecule has 0 saturated carbocycles. The molecule has 3 nitrogen and oxygen atoms in total. The third-order valence-electron chi connectivity index (χ3n) is 3.27. The number of amides is 1. The van der Waals surface area contributed by atoms with Crippen LogP contribution >= 0.6 is 0 Å². The van der Waals surface area contributed by atoms with Gasteiger partial charge in [0.2, 0.25) is 0 Å². The molecule has 2 N–H and O–H groups in total. The Kier molecular flexibility index (Phi) is 6.83. The number of rotatable bonds is 5. The van der Waals surface area contributed by atoms with Gasteiger partial charge in [0.1, 0.15) is 6.61 Å². The molecular formula is C17H23NO2. The highest BCUT2D eigenvalue weighted by Crippen LogP contribution is 2.11. The molecule has 108 valence electrons. The Morgan fingerprint density at radius 2 is 2.15 bits per heavy atom. The van der Waals surface area contributed by atoms with E-state index < -0.39 is 0 Å². The zero-order chi connectivity index (χ0) is 15.0. The Bertz CT molecular complexity index is 511. The van der Waals surface area contributed by atoms with Crippen molar-refractivity contribution in [1.29, 1.82) is 0 Å². The molecule has 0 aliphatic heterocycles. The molecule has 3 heteroatoms. The summed E-state index contributed by atoms with van der Waals surface area (Å²) < 4.78 is 0. The highest BCUT2D eigenvalue weighted by atomic mass is 16.2. The zero-order valence-corrected chi connectivity index (χ0v) is 12.5. The van der Waals surface area contributed by atoms with E-state index in [1.807, 2.05) is 19.1 Å². The smallest absolute Gasteiger partial charge is 0.251 e. The van der Waals surface area contributed by atoms with E-state index in [-0.39, 0.29) is 18.6 Å². The number of aryl methyl sites for hydroxylation is 1. The van der Waals surface area contributed by atoms with E-state index in [9.17, 15) is 4.79 Å². The van der Waals surface area contributed by atoms with Crippen molar-refractivity contribution in [1.82, 2.24) is 5.32 Å². The second-order valence-corrected chi connectivity index (χ2v) is 4.86. The topological polar surface area (TPSA) is 49.3 Å². The Morgan fingerprint density at radius 3 is 2.75 bits per heavy atom. The van der Waals surface area contributed by atoms with Crippen molar-refractivity contribution in [3.63, 3.8) is 0 Å². The number of aliphatic hydroxyl groups excluding tert-OH is 1. The molecule has 1 aromatic rings. The lowest BCUT2D eigenvalue weighted by molar-refractivity contribution is 0.0933. The largest absolute Gasteiger partial charge is 0.384 e. The fraction of sp³-hybridized carbons (Fsp3) is 0.471. The van der Waals surface area contributed by atoms with Crippen molar-refractivity contribution in [2.45, 2.75) is 46.1 Å². The Labute approximate surface area is 121 Å². The number of aliphatic hydroxyl groups is 1. The molecule has 0 heterocycles. The molecule has 1 unspecified atom stereocenters. The molecule has 0 fully saturated rings. The van der Waals surface area contributed by atoms with Gasteiger partial charge >= 0.3 is 0 Å². The normalized spacial score (nSPS) is 11.4. The zero-order valence-electron chi connectivity index (χ0n) is 12.5. The van der Waals surface area contributed by atoms with Crippen molar-refractivity contribution in [3.05, 3.63) is 34.9 Å². The molecule has 0 spiro atoms. The summed E-state index contributed by atoms with van der Waals surface area (Å²) in [5.74, 6) is 5.43. The lowest BCUT2D eigenvalue weighted by Crippen LogP contribution is -2.34. The van der Waals surface area contributed by atoms with Crippen molar-refractivity contribution >= 4 is 5.91 Å². The van der Waals surface area contributed by atoms with Gasteiger partial charge in [-0.2, -0.15) is 0 Å². The van der Waals surface area contributed by atoms with Gasteiger partial charge < -0.3 is 10.4 Å². The molecule has 1 rings (SSSR count). The van der Waals surface area contributed by atoms with Crippen LogP contribution < -0.4 is 5.32 Å². The van der Waals surface area contributed by atoms with E-state index in [1.165, 1.54) is 0 Å². The molecule has 20 heavy (non-hydrogen) atoms. The van der Waals surface area contributed by atoms with Gasteiger partial charge in [-0.25, -0.2) is 0 Å². The maximum atomic E-state index is 12.2. The quantitative estimate of drug-likeness (QED) is 0.810. The van der Waals surface area contributed by atoms with Crippen LogP contribution in [0.2, 0.25) is 0 Å². The van der Waals surface area contributed by atoms with Gasteiger partial charge in [-0.3, -0.25) is 4.79 Å². The first kappa shape index (κ1) is 16.3. The predicted molar refractivity (Wildman–Crippen MR) is 81.6 cm³/mol. The summed E-state index contributed by atoms with van der Waals surface area (Å²) in [5, 5.41) is 11.8. The Morgan fingerprint density at radius 1 is 1.40 bits per heavy atom. The van der Waals surface area contributed by atoms with Crippen LogP contribution in [-0.4, -0.2) is 23.7 Å². The van der Waals surface area contributed by atoms with Gasteiger partial charge in [-0.15, -0.1) is 0 Å². The summed E-state index contributed by atoms with van der Waals surface area (Å²) in [5.41, 5.74) is 2.41. The third kappa shape index (κ3) is 4.71. The molecule has 0 radical (unpaired) electrons. The van der Waals surface area contributed by atoms with E-state index in [0.29, 0.717) is 5.56 Å². The Balaban J connectivity index is 2.88. The number of hydrogen-bond donors (Lipinski definition) is 2. The fourth-order valence-corrected chi connectivity index (χ4v) is 2.03. The van der Waals surface area contributed by atoms with Crippen LogP contribution in [0.1, 0.15) is 54.6 Å². The molecule has 0 aliphatic rings. The highest BCUT2D eigenvalue weighted by Gasteiger charge is 2.12. The van der Waals surface area contributed by atoms with E-state index in [2.05, 4.69) is 31.0 Å². The van der Waals surface area contributed by atoms with Gasteiger partial charge in [0.15, 0.2) is 0 Å². The first-order valence-corrected chi connectivity index (χ1v) is 7.13. The molecule has 1 aromatic carbocycles. The van der Waals surface area contributed by atoms with Gasteiger partial charge in [-0.05, 0) is 37.5 Å². The molecular weight excluding hydrogens is 250 g/mol. The molecule has 1 atom stereocenters. The minimum absolute atomic E-state index is 0.0580. The van der Waals surface area contributed by atoms with Gasteiger partial charge in [0.25, 0.3) is 5.91 Å². The van der Waals surface area contributed by atoms with Crippen molar-refractivity contribution < 1.29 is 9.90 Å². The number of carbonyl (C=O) groups is 1. The molecule has 1 amide bonds. The monoisotopic (exact) mass is 273 g/mol. The highest BCUT2D eigenvalue weighted by molar-refractivity contribution is 5.94. The first-order valence-electron chi connectivity index (χ1n) is 7.13. The maximum absolute atomic E-state index is 12.2. The second kappa shape index (κ2) is 8.39. The van der Waals surface area contributed by atoms with Gasteiger partial charge in [0.05, 0.1) is 0 Å². The van der Waals surface area contributed by atoms with Crippen LogP contribution in [0.4, 0.5) is 0 Å². The summed E-state index contributed by atoms with van der Waals surface area (Å²) >= 11 is 0. The lowest BCUT2D eigenvalue weighted by atomic mass is 10.0. The first-order chi connectivity index (χ1) is 9.62. The second-order valence-electron chi connectivity index (χ2n) is 4.86. The average molecular weight is 273 g/mol. The van der Waals surface area contributed by atoms with E-state index in [0.717, 1.165) is 30.4 Å². The van der Waals surface area contributed by atoms with Crippen LogP contribution in [0.25, 0.3) is 0 Å². The van der Waals surface area contributed by atoms with E-state index in [1.54, 1.807) is 6.07 Å². The summed E-state index contributed by atoms with van der Waals surface area (Å²) in [6, 6.07) is 5.71. The molecule has 0 saturated heterocycles. The van der Waals surface area contributed by atoms with Gasteiger partial charge in [0, 0.05) is 17.2 Å². The fourth-order valence-electron chi connectivity index (χ4n) is 2.03. The molecule has 0 aliphatic carbocycles.